The molecule has 2 aromatic heterocycles. The lowest BCUT2D eigenvalue weighted by Gasteiger charge is -2.35. The van der Waals surface area contributed by atoms with Crippen molar-refractivity contribution in [3.63, 3.8) is 0 Å². The molecular weight excluding hydrogens is 496 g/mol. The topological polar surface area (TPSA) is 57.7 Å². The number of nitrogens with zero attached hydrogens (tertiary/aromatic N) is 4. The van der Waals surface area contributed by atoms with Gasteiger partial charge in [-0.1, -0.05) is 29.7 Å². The highest BCUT2D eigenvalue weighted by Gasteiger charge is 2.43. The highest BCUT2D eigenvalue weighted by atomic mass is 35.5. The molecule has 0 saturated heterocycles. The minimum atomic E-state index is -5.16. The third-order valence-electron chi connectivity index (χ3n) is 6.41. The molecule has 12 heteroatoms. The Morgan fingerprint density at radius 2 is 1.57 bits per heavy atom. The second-order valence-electron chi connectivity index (χ2n) is 8.76. The zero-order valence-corrected chi connectivity index (χ0v) is 19.0. The first-order valence-electron chi connectivity index (χ1n) is 11.2. The van der Waals surface area contributed by atoms with Crippen LogP contribution in [0.2, 0.25) is 5.02 Å². The molecule has 2 aliphatic rings. The van der Waals surface area contributed by atoms with Crippen LogP contribution in [0, 0.1) is 0 Å². The van der Waals surface area contributed by atoms with Crippen molar-refractivity contribution in [1.82, 2.24) is 19.9 Å². The fourth-order valence-electron chi connectivity index (χ4n) is 4.83. The van der Waals surface area contributed by atoms with Crippen LogP contribution in [-0.4, -0.2) is 26.5 Å². The first-order valence-corrected chi connectivity index (χ1v) is 11.5. The number of aromatic nitrogens is 4. The molecular formula is C23H20ClF6N5. The van der Waals surface area contributed by atoms with E-state index in [1.54, 1.807) is 18.2 Å². The average molecular weight is 516 g/mol. The number of hydrogen-bond acceptors (Lipinski definition) is 4. The van der Waals surface area contributed by atoms with Gasteiger partial charge in [0.1, 0.15) is 0 Å². The zero-order chi connectivity index (χ0) is 25.0. The molecule has 1 fully saturated rings. The predicted molar refractivity (Wildman–Crippen MR) is 118 cm³/mol. The molecule has 1 aliphatic heterocycles. The Bertz CT molecular complexity index is 1260. The number of anilines is 1. The zero-order valence-electron chi connectivity index (χ0n) is 18.3. The fraction of sp³-hybridized carbons (Fsp3) is 0.435. The number of allylic oxidation sites excluding steroid dienone is 1. The van der Waals surface area contributed by atoms with Gasteiger partial charge >= 0.3 is 12.4 Å². The molecule has 0 unspecified atom stereocenters. The van der Waals surface area contributed by atoms with Crippen molar-refractivity contribution < 1.29 is 26.3 Å². The Hall–Kier alpha value is -2.82. The first kappa shape index (κ1) is 23.9. The van der Waals surface area contributed by atoms with Gasteiger partial charge in [-0.05, 0) is 55.9 Å². The number of benzene rings is 1. The summed E-state index contributed by atoms with van der Waals surface area (Å²) in [6.07, 6.45) is -3.33. The summed E-state index contributed by atoms with van der Waals surface area (Å²) in [4.78, 5) is 14.3. The molecule has 0 amide bonds. The number of halogens is 7. The lowest BCUT2D eigenvalue weighted by Crippen LogP contribution is -2.37. The minimum absolute atomic E-state index is 0.125. The van der Waals surface area contributed by atoms with Crippen LogP contribution in [-0.2, 0) is 18.8 Å². The number of rotatable bonds is 2. The van der Waals surface area contributed by atoms with Gasteiger partial charge in [0.25, 0.3) is 0 Å². The molecule has 0 radical (unpaired) electrons. The van der Waals surface area contributed by atoms with Crippen molar-refractivity contribution in [3.8, 4) is 0 Å². The van der Waals surface area contributed by atoms with Crippen LogP contribution in [0.3, 0.4) is 0 Å². The van der Waals surface area contributed by atoms with E-state index in [-0.39, 0.29) is 6.54 Å². The van der Waals surface area contributed by atoms with E-state index in [1.165, 1.54) is 4.90 Å². The number of H-pyrrole nitrogens is 1. The fourth-order valence-corrected chi connectivity index (χ4v) is 5.00. The van der Waals surface area contributed by atoms with Gasteiger partial charge < -0.3 is 9.88 Å². The first-order chi connectivity index (χ1) is 16.5. The molecule has 3 aromatic rings. The van der Waals surface area contributed by atoms with Gasteiger partial charge in [-0.2, -0.15) is 36.3 Å². The second-order valence-corrected chi connectivity index (χ2v) is 9.20. The number of nitrogens with one attached hydrogen (secondary N) is 1. The van der Waals surface area contributed by atoms with E-state index >= 15 is 0 Å². The Kier molecular flexibility index (Phi) is 5.93. The van der Waals surface area contributed by atoms with Gasteiger partial charge in [0, 0.05) is 28.2 Å². The van der Waals surface area contributed by atoms with Crippen LogP contribution in [0.4, 0.5) is 32.3 Å². The number of hydrogen-bond donors (Lipinski definition) is 1. The summed E-state index contributed by atoms with van der Waals surface area (Å²) in [6.45, 7) is 0.125. The minimum Gasteiger partial charge on any atom is -0.356 e. The predicted octanol–water partition coefficient (Wildman–Crippen LogP) is 7.04. The van der Waals surface area contributed by atoms with Crippen molar-refractivity contribution in [3.05, 3.63) is 57.8 Å². The van der Waals surface area contributed by atoms with Gasteiger partial charge in [-0.15, -0.1) is 0 Å². The summed E-state index contributed by atoms with van der Waals surface area (Å²) in [7, 11) is 0. The molecule has 1 aromatic carbocycles. The summed E-state index contributed by atoms with van der Waals surface area (Å²) < 4.78 is 80.5. The van der Waals surface area contributed by atoms with Crippen molar-refractivity contribution >= 4 is 28.5 Å². The smallest absolute Gasteiger partial charge is 0.356 e. The van der Waals surface area contributed by atoms with E-state index in [0.29, 0.717) is 17.1 Å². The summed E-state index contributed by atoms with van der Waals surface area (Å²) in [5.41, 5.74) is 3.51. The summed E-state index contributed by atoms with van der Waals surface area (Å²) in [5, 5.41) is 1.41. The van der Waals surface area contributed by atoms with Gasteiger partial charge in [0.2, 0.25) is 17.6 Å². The van der Waals surface area contributed by atoms with Crippen molar-refractivity contribution in [2.75, 3.05) is 11.4 Å². The molecule has 3 heterocycles. The van der Waals surface area contributed by atoms with E-state index in [4.69, 9.17) is 11.6 Å². The third-order valence-corrected chi connectivity index (χ3v) is 6.65. The summed E-state index contributed by atoms with van der Waals surface area (Å²) in [5.74, 6) is -4.39. The summed E-state index contributed by atoms with van der Waals surface area (Å²) in [6, 6.07) is 4.66. The van der Waals surface area contributed by atoms with Gasteiger partial charge in [-0.3, -0.25) is 0 Å². The van der Waals surface area contributed by atoms with E-state index < -0.39 is 36.0 Å². The van der Waals surface area contributed by atoms with Crippen LogP contribution in [0.25, 0.3) is 10.9 Å². The third kappa shape index (κ3) is 4.70. The molecule has 5 nitrogen and oxygen atoms in total. The van der Waals surface area contributed by atoms with Gasteiger partial charge in [0.05, 0.1) is 6.04 Å². The molecule has 0 bridgehead atoms. The van der Waals surface area contributed by atoms with Crippen LogP contribution in [0.1, 0.15) is 61.1 Å². The lowest BCUT2D eigenvalue weighted by atomic mass is 9.90. The number of fused-ring (bicyclic) bond motifs is 3. The Balaban J connectivity index is 1.68. The molecule has 35 heavy (non-hydrogen) atoms. The molecule has 1 aliphatic carbocycles. The standard InChI is InChI=1S/C23H20ClF6N5/c24-13-6-7-16-15(11-13)14-8-9-35(17(18(14)31-16)10-12-4-2-1-3-5-12)21-33-19(22(25,26)27)32-20(34-21)23(28,29)30/h6-7,10-11,17,31H,1-5,8-9H2/t17-/m0/s1. The number of alkyl halides is 6. The maximum Gasteiger partial charge on any atom is 0.451 e. The van der Waals surface area contributed by atoms with Gasteiger partial charge in [-0.25, -0.2) is 4.98 Å². The quantitative estimate of drug-likeness (QED) is 0.294. The van der Waals surface area contributed by atoms with Gasteiger partial charge in [0.15, 0.2) is 0 Å². The molecule has 1 N–H and O–H groups in total. The second kappa shape index (κ2) is 8.69. The SMILES string of the molecule is FC(F)(F)c1nc(N2CCc3c([nH]c4ccc(Cl)cc34)[C@@H]2C=C2CCCCC2)nc(C(F)(F)F)n1. The van der Waals surface area contributed by atoms with E-state index in [1.807, 2.05) is 6.08 Å². The van der Waals surface area contributed by atoms with E-state index in [2.05, 4.69) is 19.9 Å². The lowest BCUT2D eigenvalue weighted by molar-refractivity contribution is -0.155. The van der Waals surface area contributed by atoms with E-state index in [0.717, 1.165) is 54.1 Å². The van der Waals surface area contributed by atoms with Crippen LogP contribution in [0.5, 0.6) is 0 Å². The Labute approximate surface area is 201 Å². The maximum atomic E-state index is 13.4. The van der Waals surface area contributed by atoms with Crippen LogP contribution >= 0.6 is 11.6 Å². The van der Waals surface area contributed by atoms with Crippen LogP contribution < -0.4 is 4.90 Å². The molecule has 5 rings (SSSR count). The summed E-state index contributed by atoms with van der Waals surface area (Å²) >= 11 is 6.18. The molecule has 0 spiro atoms. The van der Waals surface area contributed by atoms with Crippen molar-refractivity contribution in [2.24, 2.45) is 0 Å². The number of aromatic amines is 1. The largest absolute Gasteiger partial charge is 0.451 e. The van der Waals surface area contributed by atoms with Crippen molar-refractivity contribution in [2.45, 2.75) is 56.9 Å². The molecule has 186 valence electrons. The van der Waals surface area contributed by atoms with E-state index in [9.17, 15) is 26.3 Å². The highest BCUT2D eigenvalue weighted by molar-refractivity contribution is 6.31. The highest BCUT2D eigenvalue weighted by Crippen LogP contribution is 2.41. The molecule has 1 saturated carbocycles. The normalized spacial score (nSPS) is 19.2. The Morgan fingerprint density at radius 3 is 2.20 bits per heavy atom. The van der Waals surface area contributed by atoms with Crippen LogP contribution in [0.15, 0.2) is 29.8 Å². The Morgan fingerprint density at radius 1 is 0.914 bits per heavy atom. The van der Waals surface area contributed by atoms with Crippen molar-refractivity contribution in [1.29, 1.82) is 0 Å². The monoisotopic (exact) mass is 515 g/mol. The average Bonchev–Trinajstić information content (AvgIpc) is 3.17. The molecule has 1 atom stereocenters. The maximum absolute atomic E-state index is 13.4.